The van der Waals surface area contributed by atoms with Gasteiger partial charge in [0.15, 0.2) is 12.3 Å². The first-order valence-electron chi connectivity index (χ1n) is 4.27. The van der Waals surface area contributed by atoms with E-state index in [0.29, 0.717) is 6.04 Å². The van der Waals surface area contributed by atoms with E-state index in [2.05, 4.69) is 4.98 Å². The summed E-state index contributed by atoms with van der Waals surface area (Å²) in [5, 5.41) is 0. The van der Waals surface area contributed by atoms with Crippen molar-refractivity contribution in [1.82, 2.24) is 9.55 Å². The van der Waals surface area contributed by atoms with Gasteiger partial charge in [0, 0.05) is 12.4 Å². The summed E-state index contributed by atoms with van der Waals surface area (Å²) in [6.07, 6.45) is 5.83. The Morgan fingerprint density at radius 3 is 2.64 bits per heavy atom. The fraction of sp³-hybridized carbons (Fsp3) is 0. The van der Waals surface area contributed by atoms with Gasteiger partial charge in [-0.2, -0.15) is 0 Å². The number of benzene rings is 1. The molecule has 0 fully saturated rings. The van der Waals surface area contributed by atoms with E-state index in [9.17, 15) is 4.79 Å². The molecular weight excluding hydrogens is 176 g/mol. The summed E-state index contributed by atoms with van der Waals surface area (Å²) in [4.78, 5) is 14.8. The lowest BCUT2D eigenvalue weighted by atomic mass is 10.1. The lowest BCUT2D eigenvalue weighted by molar-refractivity contribution is -0.106. The molecule has 0 atom stereocenters. The van der Waals surface area contributed by atoms with Crippen LogP contribution >= 0.6 is 0 Å². The maximum Gasteiger partial charge on any atom is 0.161 e. The molecule has 0 amide bonds. The number of aldehydes is 1. The number of hydrogen-bond acceptors (Lipinski definition) is 2. The smallest absolute Gasteiger partial charge is 0.161 e. The second-order valence-corrected chi connectivity index (χ2v) is 2.84. The van der Waals surface area contributed by atoms with E-state index in [1.807, 2.05) is 30.3 Å². The van der Waals surface area contributed by atoms with Crippen LogP contribution in [0.4, 0.5) is 0 Å². The van der Waals surface area contributed by atoms with Gasteiger partial charge in [-0.05, 0) is 5.56 Å². The Morgan fingerprint density at radius 1 is 1.29 bits per heavy atom. The second-order valence-electron chi connectivity index (χ2n) is 2.84. The summed E-state index contributed by atoms with van der Waals surface area (Å²) in [6.45, 7) is 0. The van der Waals surface area contributed by atoms with Gasteiger partial charge >= 0.3 is 0 Å². The molecule has 1 aromatic carbocycles. The maximum absolute atomic E-state index is 10.9. The van der Waals surface area contributed by atoms with Crippen LogP contribution in [-0.2, 0) is 4.79 Å². The fourth-order valence-corrected chi connectivity index (χ4v) is 1.29. The van der Waals surface area contributed by atoms with Crippen LogP contribution in [0, 0.1) is 6.04 Å². The van der Waals surface area contributed by atoms with E-state index >= 15 is 0 Å². The summed E-state index contributed by atoms with van der Waals surface area (Å²) in [7, 11) is 0. The lowest BCUT2D eigenvalue weighted by Gasteiger charge is -2.09. The Hall–Kier alpha value is -1.90. The molecule has 0 saturated carbocycles. The SMILES string of the molecule is O=C[C](c1ccccc1)n1ccnc1. The molecule has 2 rings (SSSR count). The molecule has 0 aliphatic heterocycles. The molecule has 0 spiro atoms. The molecule has 1 heterocycles. The van der Waals surface area contributed by atoms with Crippen molar-refractivity contribution in [2.75, 3.05) is 0 Å². The van der Waals surface area contributed by atoms with Gasteiger partial charge in [0.1, 0.15) is 0 Å². The monoisotopic (exact) mass is 185 g/mol. The van der Waals surface area contributed by atoms with Gasteiger partial charge in [0.25, 0.3) is 0 Å². The molecule has 1 radical (unpaired) electrons. The Balaban J connectivity index is 2.36. The average Bonchev–Trinajstić information content (AvgIpc) is 2.74. The van der Waals surface area contributed by atoms with Crippen molar-refractivity contribution >= 4 is 6.29 Å². The van der Waals surface area contributed by atoms with Crippen molar-refractivity contribution in [3.05, 3.63) is 60.7 Å². The third kappa shape index (κ3) is 1.57. The van der Waals surface area contributed by atoms with Crippen LogP contribution in [0.15, 0.2) is 49.1 Å². The minimum atomic E-state index is 0.600. The molecule has 0 unspecified atom stereocenters. The summed E-state index contributed by atoms with van der Waals surface area (Å²) in [6, 6.07) is 10.1. The van der Waals surface area contributed by atoms with E-state index in [1.54, 1.807) is 23.3 Å². The van der Waals surface area contributed by atoms with Gasteiger partial charge in [-0.15, -0.1) is 0 Å². The fourth-order valence-electron chi connectivity index (χ4n) is 1.29. The number of nitrogens with zero attached hydrogens (tertiary/aromatic N) is 2. The zero-order chi connectivity index (χ0) is 9.80. The number of aromatic nitrogens is 2. The minimum Gasteiger partial charge on any atom is -0.317 e. The first-order valence-corrected chi connectivity index (χ1v) is 4.27. The Morgan fingerprint density at radius 2 is 2.07 bits per heavy atom. The average molecular weight is 185 g/mol. The zero-order valence-corrected chi connectivity index (χ0v) is 7.50. The molecule has 0 N–H and O–H groups in total. The number of imidazole rings is 1. The van der Waals surface area contributed by atoms with Crippen LogP contribution in [0.25, 0.3) is 0 Å². The summed E-state index contributed by atoms with van der Waals surface area (Å²) < 4.78 is 1.70. The maximum atomic E-state index is 10.9. The number of rotatable bonds is 3. The number of hydrogen-bond donors (Lipinski definition) is 0. The first-order chi connectivity index (χ1) is 6.92. The van der Waals surface area contributed by atoms with Crippen LogP contribution < -0.4 is 0 Å². The lowest BCUT2D eigenvalue weighted by Crippen LogP contribution is -2.10. The molecule has 0 saturated heterocycles. The highest BCUT2D eigenvalue weighted by Crippen LogP contribution is 2.13. The summed E-state index contributed by atoms with van der Waals surface area (Å²) in [5.74, 6) is 0. The molecule has 1 aromatic heterocycles. The molecular formula is C11H9N2O. The first kappa shape index (κ1) is 8.69. The second kappa shape index (κ2) is 3.87. The standard InChI is InChI=1S/C11H9N2O/c14-8-11(13-7-6-12-9-13)10-4-2-1-3-5-10/h1-9H. The van der Waals surface area contributed by atoms with E-state index in [4.69, 9.17) is 0 Å². The summed E-state index contributed by atoms with van der Waals surface area (Å²) >= 11 is 0. The van der Waals surface area contributed by atoms with E-state index in [-0.39, 0.29) is 0 Å². The molecule has 0 aliphatic carbocycles. The van der Waals surface area contributed by atoms with Gasteiger partial charge in [0.2, 0.25) is 0 Å². The molecule has 3 heteroatoms. The molecule has 2 aromatic rings. The summed E-state index contributed by atoms with van der Waals surface area (Å²) in [5.41, 5.74) is 0.889. The minimum absolute atomic E-state index is 0.600. The van der Waals surface area contributed by atoms with Gasteiger partial charge in [0.05, 0.1) is 6.33 Å². The highest BCUT2D eigenvalue weighted by atomic mass is 16.1. The van der Waals surface area contributed by atoms with Crippen molar-refractivity contribution in [3.8, 4) is 0 Å². The van der Waals surface area contributed by atoms with Gasteiger partial charge in [-0.1, -0.05) is 30.3 Å². The Labute approximate surface area is 82.0 Å². The van der Waals surface area contributed by atoms with Crippen LogP contribution in [0.1, 0.15) is 5.56 Å². The van der Waals surface area contributed by atoms with Crippen LogP contribution in [0.2, 0.25) is 0 Å². The normalized spacial score (nSPS) is 10.4. The van der Waals surface area contributed by atoms with Gasteiger partial charge in [-0.3, -0.25) is 0 Å². The quantitative estimate of drug-likeness (QED) is 0.679. The third-order valence-corrected chi connectivity index (χ3v) is 1.96. The van der Waals surface area contributed by atoms with Crippen molar-refractivity contribution in [2.24, 2.45) is 0 Å². The predicted molar refractivity (Wildman–Crippen MR) is 52.5 cm³/mol. The Kier molecular flexibility index (Phi) is 2.40. The largest absolute Gasteiger partial charge is 0.317 e. The molecule has 0 aliphatic rings. The van der Waals surface area contributed by atoms with Crippen molar-refractivity contribution in [1.29, 1.82) is 0 Å². The van der Waals surface area contributed by atoms with Gasteiger partial charge in [-0.25, -0.2) is 4.98 Å². The third-order valence-electron chi connectivity index (χ3n) is 1.96. The number of carbonyl (C=O) groups excluding carboxylic acids is 1. The van der Waals surface area contributed by atoms with E-state index in [0.717, 1.165) is 11.8 Å². The van der Waals surface area contributed by atoms with Crippen LogP contribution in [0.5, 0.6) is 0 Å². The van der Waals surface area contributed by atoms with Crippen molar-refractivity contribution in [2.45, 2.75) is 0 Å². The molecule has 14 heavy (non-hydrogen) atoms. The van der Waals surface area contributed by atoms with E-state index < -0.39 is 0 Å². The molecule has 0 bridgehead atoms. The number of carbonyl (C=O) groups is 1. The van der Waals surface area contributed by atoms with Crippen LogP contribution in [-0.4, -0.2) is 15.8 Å². The highest BCUT2D eigenvalue weighted by Gasteiger charge is 2.11. The van der Waals surface area contributed by atoms with Crippen LogP contribution in [0.3, 0.4) is 0 Å². The topological polar surface area (TPSA) is 34.9 Å². The van der Waals surface area contributed by atoms with Crippen molar-refractivity contribution in [3.63, 3.8) is 0 Å². The zero-order valence-electron chi connectivity index (χ0n) is 7.50. The Bertz CT molecular complexity index is 394. The molecule has 69 valence electrons. The molecule has 3 nitrogen and oxygen atoms in total. The highest BCUT2D eigenvalue weighted by molar-refractivity contribution is 5.75. The van der Waals surface area contributed by atoms with Crippen molar-refractivity contribution < 1.29 is 4.79 Å². The van der Waals surface area contributed by atoms with E-state index in [1.165, 1.54) is 0 Å². The van der Waals surface area contributed by atoms with Gasteiger partial charge < -0.3 is 9.36 Å². The predicted octanol–water partition coefficient (Wildman–Crippen LogP) is 1.51.